The van der Waals surface area contributed by atoms with E-state index < -0.39 is 11.8 Å². The molecule has 0 radical (unpaired) electrons. The van der Waals surface area contributed by atoms with Crippen LogP contribution in [-0.4, -0.2) is 36.0 Å². The third-order valence-corrected chi connectivity index (χ3v) is 2.09. The molecule has 5 heteroatoms. The molecular formula is C10H20N2O3. The maximum absolute atomic E-state index is 11.3. The molecule has 0 bridgehead atoms. The molecule has 0 aromatic rings. The number of nitrogens with two attached hydrogens (primary N) is 1. The molecule has 1 aliphatic rings. The van der Waals surface area contributed by atoms with Crippen LogP contribution in [0.1, 0.15) is 33.6 Å². The normalized spacial score (nSPS) is 20.0. The second-order valence-electron chi connectivity index (χ2n) is 4.82. The van der Waals surface area contributed by atoms with E-state index in [0.717, 1.165) is 12.8 Å². The van der Waals surface area contributed by atoms with Crippen molar-refractivity contribution < 1.29 is 14.4 Å². The number of hydrogen-bond donors (Lipinski definition) is 1. The average Bonchev–Trinajstić information content (AvgIpc) is 2.05. The van der Waals surface area contributed by atoms with Crippen LogP contribution in [0.5, 0.6) is 0 Å². The first-order valence-corrected chi connectivity index (χ1v) is 5.28. The molecule has 0 amide bonds. The summed E-state index contributed by atoms with van der Waals surface area (Å²) in [5, 5.41) is 1.61. The van der Waals surface area contributed by atoms with Gasteiger partial charge in [-0.25, -0.2) is 4.79 Å². The van der Waals surface area contributed by atoms with Crippen LogP contribution >= 0.6 is 0 Å². The Hall–Kier alpha value is -0.810. The lowest BCUT2D eigenvalue weighted by Crippen LogP contribution is -2.41. The second kappa shape index (κ2) is 4.81. The van der Waals surface area contributed by atoms with Crippen LogP contribution in [0.2, 0.25) is 0 Å². The van der Waals surface area contributed by atoms with Crippen molar-refractivity contribution in [2.75, 3.05) is 13.1 Å². The third kappa shape index (κ3) is 4.99. The van der Waals surface area contributed by atoms with Crippen LogP contribution < -0.4 is 5.73 Å². The zero-order valence-corrected chi connectivity index (χ0v) is 9.66. The van der Waals surface area contributed by atoms with Crippen molar-refractivity contribution in [3.8, 4) is 0 Å². The molecule has 15 heavy (non-hydrogen) atoms. The highest BCUT2D eigenvalue weighted by atomic mass is 16.8. The Morgan fingerprint density at radius 3 is 2.33 bits per heavy atom. The van der Waals surface area contributed by atoms with E-state index >= 15 is 0 Å². The number of rotatable bonds is 1. The Balaban J connectivity index is 2.27. The standard InChI is InChI=1S/C10H20N2O3/c1-10(2,3)14-9(13)15-12-6-4-8(11)5-7-12/h8H,4-7,11H2,1-3H3. The molecule has 0 aromatic carbocycles. The molecule has 0 saturated carbocycles. The van der Waals surface area contributed by atoms with E-state index in [2.05, 4.69) is 0 Å². The Bertz CT molecular complexity index is 217. The zero-order valence-electron chi connectivity index (χ0n) is 9.66. The molecule has 0 atom stereocenters. The highest BCUT2D eigenvalue weighted by molar-refractivity contribution is 5.60. The fraction of sp³-hybridized carbons (Fsp3) is 0.900. The highest BCUT2D eigenvalue weighted by Gasteiger charge is 2.23. The van der Waals surface area contributed by atoms with Gasteiger partial charge in [-0.3, -0.25) is 0 Å². The molecule has 1 rings (SSSR count). The SMILES string of the molecule is CC(C)(C)OC(=O)ON1CCC(N)CC1. The van der Waals surface area contributed by atoms with E-state index in [-0.39, 0.29) is 6.04 Å². The predicted octanol–water partition coefficient (Wildman–Crippen LogP) is 1.28. The van der Waals surface area contributed by atoms with Crippen molar-refractivity contribution in [1.29, 1.82) is 0 Å². The Kier molecular flexibility index (Phi) is 3.93. The summed E-state index contributed by atoms with van der Waals surface area (Å²) in [5.41, 5.74) is 5.22. The van der Waals surface area contributed by atoms with Crippen LogP contribution in [0.3, 0.4) is 0 Å². The molecular weight excluding hydrogens is 196 g/mol. The summed E-state index contributed by atoms with van der Waals surface area (Å²) in [5.74, 6) is 0. The van der Waals surface area contributed by atoms with Gasteiger partial charge in [0.1, 0.15) is 5.60 Å². The minimum absolute atomic E-state index is 0.225. The molecule has 1 saturated heterocycles. The van der Waals surface area contributed by atoms with Gasteiger partial charge in [0.25, 0.3) is 0 Å². The van der Waals surface area contributed by atoms with Crippen molar-refractivity contribution in [1.82, 2.24) is 5.06 Å². The first-order valence-electron chi connectivity index (χ1n) is 5.28. The highest BCUT2D eigenvalue weighted by Crippen LogP contribution is 2.12. The first-order chi connectivity index (χ1) is 6.87. The molecule has 88 valence electrons. The fourth-order valence-corrected chi connectivity index (χ4v) is 1.34. The molecule has 1 aliphatic heterocycles. The van der Waals surface area contributed by atoms with Gasteiger partial charge in [0, 0.05) is 19.1 Å². The van der Waals surface area contributed by atoms with Crippen LogP contribution in [0.4, 0.5) is 4.79 Å². The Morgan fingerprint density at radius 2 is 1.87 bits per heavy atom. The van der Waals surface area contributed by atoms with Crippen molar-refractivity contribution in [2.24, 2.45) is 5.73 Å². The van der Waals surface area contributed by atoms with Gasteiger partial charge >= 0.3 is 6.16 Å². The van der Waals surface area contributed by atoms with E-state index in [9.17, 15) is 4.79 Å². The molecule has 0 unspecified atom stereocenters. The summed E-state index contributed by atoms with van der Waals surface area (Å²) in [4.78, 5) is 16.3. The fourth-order valence-electron chi connectivity index (χ4n) is 1.34. The smallest absolute Gasteiger partial charge is 0.427 e. The van der Waals surface area contributed by atoms with E-state index in [1.54, 1.807) is 25.8 Å². The van der Waals surface area contributed by atoms with Crippen LogP contribution in [0.15, 0.2) is 0 Å². The van der Waals surface area contributed by atoms with E-state index in [4.69, 9.17) is 15.3 Å². The van der Waals surface area contributed by atoms with E-state index in [1.807, 2.05) is 0 Å². The molecule has 5 nitrogen and oxygen atoms in total. The number of nitrogens with zero attached hydrogens (tertiary/aromatic N) is 1. The molecule has 1 heterocycles. The van der Waals surface area contributed by atoms with Crippen molar-refractivity contribution in [3.63, 3.8) is 0 Å². The minimum atomic E-state index is -0.641. The number of hydroxylamine groups is 2. The summed E-state index contributed by atoms with van der Waals surface area (Å²) in [6, 6.07) is 0.225. The van der Waals surface area contributed by atoms with Gasteiger partial charge in [-0.05, 0) is 33.6 Å². The summed E-state index contributed by atoms with van der Waals surface area (Å²) in [6.07, 6.45) is 1.06. The monoisotopic (exact) mass is 216 g/mol. The van der Waals surface area contributed by atoms with Crippen molar-refractivity contribution >= 4 is 6.16 Å². The summed E-state index contributed by atoms with van der Waals surface area (Å²) in [6.45, 7) is 6.78. The lowest BCUT2D eigenvalue weighted by molar-refractivity contribution is -0.151. The number of carbonyl (C=O) groups excluding carboxylic acids is 1. The molecule has 2 N–H and O–H groups in total. The molecule has 0 spiro atoms. The minimum Gasteiger partial charge on any atom is -0.427 e. The Labute approximate surface area is 90.5 Å². The maximum atomic E-state index is 11.3. The number of carbonyl (C=O) groups is 1. The molecule has 0 aliphatic carbocycles. The average molecular weight is 216 g/mol. The molecule has 0 aromatic heterocycles. The second-order valence-corrected chi connectivity index (χ2v) is 4.82. The van der Waals surface area contributed by atoms with Crippen molar-refractivity contribution in [2.45, 2.75) is 45.3 Å². The maximum Gasteiger partial charge on any atom is 0.528 e. The van der Waals surface area contributed by atoms with Gasteiger partial charge < -0.3 is 15.3 Å². The van der Waals surface area contributed by atoms with Crippen LogP contribution in [0.25, 0.3) is 0 Å². The largest absolute Gasteiger partial charge is 0.528 e. The summed E-state index contributed by atoms with van der Waals surface area (Å²) >= 11 is 0. The number of ether oxygens (including phenoxy) is 1. The van der Waals surface area contributed by atoms with Gasteiger partial charge in [0.05, 0.1) is 0 Å². The topological polar surface area (TPSA) is 64.8 Å². The van der Waals surface area contributed by atoms with Crippen LogP contribution in [0, 0.1) is 0 Å². The van der Waals surface area contributed by atoms with Gasteiger partial charge in [-0.2, -0.15) is 0 Å². The first kappa shape index (κ1) is 12.3. The summed E-state index contributed by atoms with van der Waals surface area (Å²) in [7, 11) is 0. The van der Waals surface area contributed by atoms with Gasteiger partial charge in [0.2, 0.25) is 0 Å². The number of piperidine rings is 1. The predicted molar refractivity (Wildman–Crippen MR) is 56.1 cm³/mol. The van der Waals surface area contributed by atoms with Gasteiger partial charge in [0.15, 0.2) is 0 Å². The zero-order chi connectivity index (χ0) is 11.5. The third-order valence-electron chi connectivity index (χ3n) is 2.09. The summed E-state index contributed by atoms with van der Waals surface area (Å²) < 4.78 is 5.03. The quantitative estimate of drug-likeness (QED) is 0.669. The van der Waals surface area contributed by atoms with E-state index in [0.29, 0.717) is 13.1 Å². The van der Waals surface area contributed by atoms with Gasteiger partial charge in [-0.15, -0.1) is 5.06 Å². The van der Waals surface area contributed by atoms with Crippen LogP contribution in [-0.2, 0) is 9.57 Å². The Morgan fingerprint density at radius 1 is 1.33 bits per heavy atom. The van der Waals surface area contributed by atoms with E-state index in [1.165, 1.54) is 0 Å². The lowest BCUT2D eigenvalue weighted by atomic mass is 10.1. The molecule has 1 fully saturated rings. The van der Waals surface area contributed by atoms with Crippen molar-refractivity contribution in [3.05, 3.63) is 0 Å². The van der Waals surface area contributed by atoms with Gasteiger partial charge in [-0.1, -0.05) is 0 Å². The lowest BCUT2D eigenvalue weighted by Gasteiger charge is -2.29. The number of hydrogen-bond acceptors (Lipinski definition) is 5.